The third-order valence-corrected chi connectivity index (χ3v) is 5.90. The van der Waals surface area contributed by atoms with Crippen molar-refractivity contribution in [1.29, 1.82) is 0 Å². The van der Waals surface area contributed by atoms with Gasteiger partial charge in [-0.25, -0.2) is 0 Å². The molecule has 31 heavy (non-hydrogen) atoms. The Morgan fingerprint density at radius 1 is 1.29 bits per heavy atom. The van der Waals surface area contributed by atoms with Crippen molar-refractivity contribution < 1.29 is 29.6 Å². The molecule has 0 aliphatic heterocycles. The van der Waals surface area contributed by atoms with Gasteiger partial charge in [-0.1, -0.05) is 13.8 Å². The fourth-order valence-electron chi connectivity index (χ4n) is 3.37. The zero-order valence-corrected chi connectivity index (χ0v) is 20.4. The van der Waals surface area contributed by atoms with Gasteiger partial charge in [-0.3, -0.25) is 4.79 Å². The summed E-state index contributed by atoms with van der Waals surface area (Å²) < 4.78 is 12.3. The molecule has 9 heteroatoms. The van der Waals surface area contributed by atoms with Crippen LogP contribution >= 0.6 is 22.6 Å². The summed E-state index contributed by atoms with van der Waals surface area (Å²) in [6.07, 6.45) is 1.28. The Morgan fingerprint density at radius 2 is 2.03 bits per heavy atom. The summed E-state index contributed by atoms with van der Waals surface area (Å²) in [5.74, 6) is 1.11. The molecule has 0 heterocycles. The van der Waals surface area contributed by atoms with E-state index in [1.54, 1.807) is 18.2 Å². The number of carbonyl (C=O) groups excluding carboxylic acids is 1. The molecule has 1 aliphatic carbocycles. The lowest BCUT2D eigenvalue weighted by molar-refractivity contribution is -0.118. The maximum atomic E-state index is 12.6. The first-order chi connectivity index (χ1) is 14.8. The van der Waals surface area contributed by atoms with Crippen molar-refractivity contribution >= 4 is 28.5 Å². The molecule has 0 saturated heterocycles. The second kappa shape index (κ2) is 12.6. The van der Waals surface area contributed by atoms with Gasteiger partial charge in [-0.05, 0) is 71.7 Å². The Kier molecular flexibility index (Phi) is 10.5. The molecule has 3 atom stereocenters. The quantitative estimate of drug-likeness (QED) is 0.265. The first-order valence-electron chi connectivity index (χ1n) is 10.5. The van der Waals surface area contributed by atoms with Crippen molar-refractivity contribution in [3.8, 4) is 11.5 Å². The molecule has 174 valence electrons. The molecule has 0 spiro atoms. The third-order valence-electron chi connectivity index (χ3n) is 5.10. The molecule has 2 rings (SSSR count). The number of rotatable bonds is 11. The average molecular weight is 548 g/mol. The summed E-state index contributed by atoms with van der Waals surface area (Å²) >= 11 is 2.09. The minimum Gasteiger partial charge on any atom is -0.493 e. The van der Waals surface area contributed by atoms with Gasteiger partial charge >= 0.3 is 0 Å². The van der Waals surface area contributed by atoms with E-state index < -0.39 is 12.2 Å². The summed E-state index contributed by atoms with van der Waals surface area (Å²) in [5.41, 5.74) is 1.18. The number of methoxy groups -OCH3 is 1. The molecule has 5 N–H and O–H groups in total. The van der Waals surface area contributed by atoms with Crippen molar-refractivity contribution in [1.82, 2.24) is 10.6 Å². The highest BCUT2D eigenvalue weighted by atomic mass is 127. The number of aliphatic hydroxyl groups excluding tert-OH is 3. The topological polar surface area (TPSA) is 120 Å². The Hall–Kier alpha value is -1.40. The molecule has 8 nitrogen and oxygen atoms in total. The molecule has 1 aromatic carbocycles. The van der Waals surface area contributed by atoms with E-state index in [9.17, 15) is 15.0 Å². The van der Waals surface area contributed by atoms with Crippen molar-refractivity contribution in [2.75, 3.05) is 26.8 Å². The van der Waals surface area contributed by atoms with E-state index in [-0.39, 0.29) is 31.7 Å². The minimum atomic E-state index is -0.875. The molecule has 0 saturated carbocycles. The summed E-state index contributed by atoms with van der Waals surface area (Å²) in [4.78, 5) is 12.6. The molecule has 0 unspecified atom stereocenters. The number of benzene rings is 1. The van der Waals surface area contributed by atoms with Crippen LogP contribution < -0.4 is 20.1 Å². The summed E-state index contributed by atoms with van der Waals surface area (Å²) in [6, 6.07) is 3.11. The second-order valence-corrected chi connectivity index (χ2v) is 9.12. The van der Waals surface area contributed by atoms with Gasteiger partial charge in [0.2, 0.25) is 5.91 Å². The average Bonchev–Trinajstić information content (AvgIpc) is 2.74. The van der Waals surface area contributed by atoms with Crippen molar-refractivity contribution in [3.63, 3.8) is 0 Å². The van der Waals surface area contributed by atoms with Gasteiger partial charge in [0.15, 0.2) is 11.5 Å². The van der Waals surface area contributed by atoms with Crippen LogP contribution in [0.15, 0.2) is 23.8 Å². The van der Waals surface area contributed by atoms with Crippen LogP contribution in [0.25, 0.3) is 0 Å². The second-order valence-electron chi connectivity index (χ2n) is 7.96. The first kappa shape index (κ1) is 25.9. The Bertz CT molecular complexity index is 771. The lowest BCUT2D eigenvalue weighted by Gasteiger charge is -2.35. The standard InChI is InChI=1S/C22H33IN2O6/c1-13(2)4-5-24-17-10-15(22(29)25-6-7-26)11-18(20(17)28)31-21-16(23)8-14(12-27)9-19(21)30-3/h8-9,11,13,17-18,20,24,26-28H,4-7,10,12H2,1-3H3,(H,25,29)/t17-,18+,20+/m1/s1. The fraction of sp³-hybridized carbons (Fsp3) is 0.591. The zero-order chi connectivity index (χ0) is 23.0. The van der Waals surface area contributed by atoms with Gasteiger partial charge in [-0.15, -0.1) is 0 Å². The lowest BCUT2D eigenvalue weighted by Crippen LogP contribution is -2.52. The van der Waals surface area contributed by atoms with Gasteiger partial charge in [0, 0.05) is 18.2 Å². The predicted octanol–water partition coefficient (Wildman–Crippen LogP) is 1.34. The van der Waals surface area contributed by atoms with Crippen LogP contribution in [-0.4, -0.2) is 66.3 Å². The van der Waals surface area contributed by atoms with Gasteiger partial charge in [-0.2, -0.15) is 0 Å². The van der Waals surface area contributed by atoms with Gasteiger partial charge in [0.1, 0.15) is 12.2 Å². The van der Waals surface area contributed by atoms with E-state index >= 15 is 0 Å². The highest BCUT2D eigenvalue weighted by Gasteiger charge is 2.36. The van der Waals surface area contributed by atoms with Crippen LogP contribution in [0, 0.1) is 9.49 Å². The molecule has 0 aromatic heterocycles. The minimum absolute atomic E-state index is 0.129. The number of nitrogens with one attached hydrogen (secondary N) is 2. The highest BCUT2D eigenvalue weighted by molar-refractivity contribution is 14.1. The molecule has 1 aromatic rings. The van der Waals surface area contributed by atoms with Crippen molar-refractivity contribution in [2.24, 2.45) is 5.92 Å². The zero-order valence-electron chi connectivity index (χ0n) is 18.2. The number of amides is 1. The largest absolute Gasteiger partial charge is 0.493 e. The van der Waals surface area contributed by atoms with Crippen LogP contribution in [0.1, 0.15) is 32.3 Å². The SMILES string of the molecule is COc1cc(CO)cc(I)c1O[C@H]1C=C(C(=O)NCCO)C[C@@H](NCCC(C)C)[C@@H]1O. The number of carbonyl (C=O) groups is 1. The number of aliphatic hydroxyl groups is 3. The van der Waals surface area contributed by atoms with E-state index in [1.165, 1.54) is 7.11 Å². The Morgan fingerprint density at radius 3 is 2.65 bits per heavy atom. The van der Waals surface area contributed by atoms with Crippen LogP contribution in [0.3, 0.4) is 0 Å². The van der Waals surface area contributed by atoms with Gasteiger partial charge in [0.05, 0.1) is 23.9 Å². The summed E-state index contributed by atoms with van der Waals surface area (Å²) in [6.45, 7) is 4.85. The monoisotopic (exact) mass is 548 g/mol. The van der Waals surface area contributed by atoms with Gasteiger partial charge in [0.25, 0.3) is 0 Å². The van der Waals surface area contributed by atoms with Crippen LogP contribution in [0.5, 0.6) is 11.5 Å². The normalized spacial score (nSPS) is 21.0. The Labute approximate surface area is 197 Å². The van der Waals surface area contributed by atoms with E-state index in [4.69, 9.17) is 14.6 Å². The molecular weight excluding hydrogens is 515 g/mol. The lowest BCUT2D eigenvalue weighted by atomic mass is 9.89. The Balaban J connectivity index is 2.30. The van der Waals surface area contributed by atoms with Gasteiger partial charge < -0.3 is 35.4 Å². The van der Waals surface area contributed by atoms with E-state index in [0.717, 1.165) is 9.99 Å². The van der Waals surface area contributed by atoms with Crippen LogP contribution in [0.4, 0.5) is 0 Å². The molecule has 0 radical (unpaired) electrons. The summed E-state index contributed by atoms with van der Waals surface area (Å²) in [7, 11) is 1.51. The van der Waals surface area contributed by atoms with Crippen molar-refractivity contribution in [2.45, 2.75) is 51.5 Å². The van der Waals surface area contributed by atoms with Crippen molar-refractivity contribution in [3.05, 3.63) is 32.9 Å². The molecule has 1 amide bonds. The smallest absolute Gasteiger partial charge is 0.247 e. The van der Waals surface area contributed by atoms with E-state index in [2.05, 4.69) is 47.1 Å². The molecule has 0 bridgehead atoms. The third kappa shape index (κ3) is 7.31. The highest BCUT2D eigenvalue weighted by Crippen LogP contribution is 2.36. The van der Waals surface area contributed by atoms with Crippen LogP contribution in [-0.2, 0) is 11.4 Å². The molecular formula is C22H33IN2O6. The van der Waals surface area contributed by atoms with E-state index in [0.29, 0.717) is 41.5 Å². The fourth-order valence-corrected chi connectivity index (χ4v) is 4.16. The maximum absolute atomic E-state index is 12.6. The predicted molar refractivity (Wildman–Crippen MR) is 126 cm³/mol. The number of halogens is 1. The first-order valence-corrected chi connectivity index (χ1v) is 11.5. The van der Waals surface area contributed by atoms with E-state index in [1.807, 2.05) is 0 Å². The maximum Gasteiger partial charge on any atom is 0.247 e. The molecule has 0 fully saturated rings. The number of hydrogen-bond donors (Lipinski definition) is 5. The number of hydrogen-bond acceptors (Lipinski definition) is 7. The van der Waals surface area contributed by atoms with Crippen LogP contribution in [0.2, 0.25) is 0 Å². The molecule has 1 aliphatic rings. The summed E-state index contributed by atoms with van der Waals surface area (Å²) in [5, 5.41) is 35.5. The number of ether oxygens (including phenoxy) is 2.